The quantitative estimate of drug-likeness (QED) is 0.894. The number of ether oxygens (including phenoxy) is 1. The van der Waals surface area contributed by atoms with Crippen LogP contribution in [-0.4, -0.2) is 47.2 Å². The summed E-state index contributed by atoms with van der Waals surface area (Å²) in [4.78, 5) is 25.4. The van der Waals surface area contributed by atoms with E-state index in [1.54, 1.807) is 7.05 Å². The van der Waals surface area contributed by atoms with Gasteiger partial charge in [-0.25, -0.2) is 8.78 Å². The van der Waals surface area contributed by atoms with E-state index in [0.29, 0.717) is 0 Å². The highest BCUT2D eigenvalue weighted by atomic mass is 19.1. The molecule has 0 unspecified atom stereocenters. The lowest BCUT2D eigenvalue weighted by Crippen LogP contribution is -2.35. The van der Waals surface area contributed by atoms with Crippen molar-refractivity contribution < 1.29 is 23.1 Å². The highest BCUT2D eigenvalue weighted by Crippen LogP contribution is 2.17. The average molecular weight is 338 g/mol. The summed E-state index contributed by atoms with van der Waals surface area (Å²) in [6, 6.07) is 2.70. The number of carbonyl (C=O) groups is 2. The molecule has 0 bridgehead atoms. The Balaban J connectivity index is 2.05. The van der Waals surface area contributed by atoms with Crippen LogP contribution in [0.5, 0.6) is 5.88 Å². The van der Waals surface area contributed by atoms with E-state index in [1.807, 2.05) is 0 Å². The number of benzene rings is 1. The van der Waals surface area contributed by atoms with Crippen LogP contribution in [0.2, 0.25) is 0 Å². The number of carbonyl (C=O) groups excluding carboxylic acids is 2. The van der Waals surface area contributed by atoms with Crippen LogP contribution >= 0.6 is 0 Å². The Morgan fingerprint density at radius 2 is 2.08 bits per heavy atom. The molecule has 0 saturated heterocycles. The lowest BCUT2D eigenvalue weighted by Gasteiger charge is -2.16. The predicted molar refractivity (Wildman–Crippen MR) is 81.7 cm³/mol. The van der Waals surface area contributed by atoms with Crippen LogP contribution in [0, 0.1) is 11.6 Å². The van der Waals surface area contributed by atoms with Gasteiger partial charge in [-0.3, -0.25) is 14.3 Å². The number of methoxy groups -OCH3 is 1. The summed E-state index contributed by atoms with van der Waals surface area (Å²) in [5.41, 5.74) is -0.105. The number of anilines is 1. The van der Waals surface area contributed by atoms with Crippen LogP contribution in [0.25, 0.3) is 0 Å². The number of aromatic nitrogens is 2. The van der Waals surface area contributed by atoms with E-state index >= 15 is 0 Å². The SMILES string of the molecule is COc1nn(C)cc1C(=O)N(C)CC(=O)Nc1cc(F)ccc1F. The number of halogens is 2. The molecule has 9 heteroatoms. The topological polar surface area (TPSA) is 76.5 Å². The summed E-state index contributed by atoms with van der Waals surface area (Å²) in [6.45, 7) is -0.354. The normalized spacial score (nSPS) is 10.4. The molecule has 0 spiro atoms. The lowest BCUT2D eigenvalue weighted by molar-refractivity contribution is -0.116. The van der Waals surface area contributed by atoms with Crippen LogP contribution in [0.4, 0.5) is 14.5 Å². The number of aryl methyl sites for hydroxylation is 1. The molecule has 0 aliphatic rings. The largest absolute Gasteiger partial charge is 0.479 e. The molecule has 1 aromatic heterocycles. The lowest BCUT2D eigenvalue weighted by atomic mass is 10.2. The maximum absolute atomic E-state index is 13.5. The van der Waals surface area contributed by atoms with Crippen molar-refractivity contribution in [2.45, 2.75) is 0 Å². The maximum atomic E-state index is 13.5. The van der Waals surface area contributed by atoms with E-state index in [-0.39, 0.29) is 23.7 Å². The fourth-order valence-electron chi connectivity index (χ4n) is 2.04. The van der Waals surface area contributed by atoms with Crippen molar-refractivity contribution in [1.29, 1.82) is 0 Å². The van der Waals surface area contributed by atoms with Crippen LogP contribution in [0.15, 0.2) is 24.4 Å². The highest BCUT2D eigenvalue weighted by molar-refractivity contribution is 6.00. The third-order valence-electron chi connectivity index (χ3n) is 3.15. The van der Waals surface area contributed by atoms with Crippen LogP contribution in [-0.2, 0) is 11.8 Å². The summed E-state index contributed by atoms with van der Waals surface area (Å²) in [6.07, 6.45) is 1.46. The number of hydrogen-bond donors (Lipinski definition) is 1. The van der Waals surface area contributed by atoms with E-state index < -0.39 is 23.4 Å². The molecule has 0 aliphatic carbocycles. The molecule has 2 aromatic rings. The molecule has 0 radical (unpaired) electrons. The van der Waals surface area contributed by atoms with Gasteiger partial charge >= 0.3 is 0 Å². The van der Waals surface area contributed by atoms with Crippen LogP contribution < -0.4 is 10.1 Å². The number of hydrogen-bond acceptors (Lipinski definition) is 4. The first kappa shape index (κ1) is 17.4. The minimum atomic E-state index is -0.771. The number of rotatable bonds is 5. The molecule has 24 heavy (non-hydrogen) atoms. The molecular formula is C15H16F2N4O3. The minimum absolute atomic E-state index is 0.130. The van der Waals surface area contributed by atoms with E-state index in [0.717, 1.165) is 23.1 Å². The first-order valence-corrected chi connectivity index (χ1v) is 6.89. The van der Waals surface area contributed by atoms with Crippen molar-refractivity contribution in [2.24, 2.45) is 7.05 Å². The number of likely N-dealkylation sites (N-methyl/N-ethyl adjacent to an activating group) is 1. The Kier molecular flexibility index (Phi) is 5.12. The average Bonchev–Trinajstić information content (AvgIpc) is 2.91. The van der Waals surface area contributed by atoms with Crippen molar-refractivity contribution in [3.05, 3.63) is 41.6 Å². The number of nitrogens with zero attached hydrogens (tertiary/aromatic N) is 3. The zero-order valence-electron chi connectivity index (χ0n) is 13.3. The summed E-state index contributed by atoms with van der Waals surface area (Å²) in [5, 5.41) is 6.18. The Morgan fingerprint density at radius 3 is 2.75 bits per heavy atom. The monoisotopic (exact) mass is 338 g/mol. The fraction of sp³-hybridized carbons (Fsp3) is 0.267. The van der Waals surface area contributed by atoms with Crippen molar-refractivity contribution >= 4 is 17.5 Å². The molecule has 2 rings (SSSR count). The van der Waals surface area contributed by atoms with Gasteiger partial charge in [-0.2, -0.15) is 0 Å². The minimum Gasteiger partial charge on any atom is -0.479 e. The second-order valence-corrected chi connectivity index (χ2v) is 5.06. The van der Waals surface area contributed by atoms with Crippen LogP contribution in [0.1, 0.15) is 10.4 Å². The van der Waals surface area contributed by atoms with E-state index in [4.69, 9.17) is 4.74 Å². The summed E-state index contributed by atoms with van der Waals surface area (Å²) in [7, 11) is 4.40. The van der Waals surface area contributed by atoms with Gasteiger partial charge in [0, 0.05) is 26.4 Å². The standard InChI is InChI=1S/C15H16F2N4O3/c1-20(15(23)10-7-21(2)19-14(10)24-3)8-13(22)18-12-6-9(16)4-5-11(12)17/h4-7H,8H2,1-3H3,(H,18,22). The van der Waals surface area contributed by atoms with Crippen molar-refractivity contribution in [3.63, 3.8) is 0 Å². The highest BCUT2D eigenvalue weighted by Gasteiger charge is 2.22. The Hall–Kier alpha value is -2.97. The van der Waals surface area contributed by atoms with E-state index in [1.165, 1.54) is 25.0 Å². The second kappa shape index (κ2) is 7.07. The molecule has 1 aromatic carbocycles. The molecule has 1 N–H and O–H groups in total. The van der Waals surface area contributed by atoms with Crippen molar-refractivity contribution in [3.8, 4) is 5.88 Å². The molecule has 0 saturated carbocycles. The smallest absolute Gasteiger partial charge is 0.261 e. The molecule has 1 heterocycles. The van der Waals surface area contributed by atoms with Crippen molar-refractivity contribution in [2.75, 3.05) is 26.0 Å². The van der Waals surface area contributed by atoms with Gasteiger partial charge in [-0.05, 0) is 12.1 Å². The predicted octanol–water partition coefficient (Wildman–Crippen LogP) is 1.42. The van der Waals surface area contributed by atoms with Gasteiger partial charge in [-0.15, -0.1) is 5.10 Å². The first-order chi connectivity index (χ1) is 11.3. The first-order valence-electron chi connectivity index (χ1n) is 6.89. The van der Waals surface area contributed by atoms with Gasteiger partial charge in [0.05, 0.1) is 19.3 Å². The molecular weight excluding hydrogens is 322 g/mol. The van der Waals surface area contributed by atoms with Gasteiger partial charge in [0.15, 0.2) is 0 Å². The number of amides is 2. The molecule has 2 amide bonds. The Bertz CT molecular complexity index is 776. The zero-order chi connectivity index (χ0) is 17.9. The molecule has 128 valence electrons. The molecule has 0 atom stereocenters. The number of nitrogens with one attached hydrogen (secondary N) is 1. The second-order valence-electron chi connectivity index (χ2n) is 5.06. The van der Waals surface area contributed by atoms with Gasteiger partial charge < -0.3 is 15.0 Å². The van der Waals surface area contributed by atoms with E-state index in [2.05, 4.69) is 10.4 Å². The maximum Gasteiger partial charge on any atom is 0.261 e. The van der Waals surface area contributed by atoms with Gasteiger partial charge in [0.2, 0.25) is 11.8 Å². The van der Waals surface area contributed by atoms with E-state index in [9.17, 15) is 18.4 Å². The zero-order valence-corrected chi connectivity index (χ0v) is 13.3. The van der Waals surface area contributed by atoms with Gasteiger partial charge in [-0.1, -0.05) is 0 Å². The third kappa shape index (κ3) is 3.86. The fourth-order valence-corrected chi connectivity index (χ4v) is 2.04. The van der Waals surface area contributed by atoms with Crippen molar-refractivity contribution in [1.82, 2.24) is 14.7 Å². The molecule has 0 fully saturated rings. The van der Waals surface area contributed by atoms with Crippen LogP contribution in [0.3, 0.4) is 0 Å². The summed E-state index contributed by atoms with van der Waals surface area (Å²) >= 11 is 0. The molecule has 0 aliphatic heterocycles. The van der Waals surface area contributed by atoms with Gasteiger partial charge in [0.25, 0.3) is 5.91 Å². The summed E-state index contributed by atoms with van der Waals surface area (Å²) in [5.74, 6) is -2.48. The Morgan fingerprint density at radius 1 is 1.38 bits per heavy atom. The summed E-state index contributed by atoms with van der Waals surface area (Å²) < 4.78 is 33.0. The third-order valence-corrected chi connectivity index (χ3v) is 3.15. The van der Waals surface area contributed by atoms with Gasteiger partial charge in [0.1, 0.15) is 17.2 Å². The molecule has 7 nitrogen and oxygen atoms in total. The Labute approximate surface area is 136 Å².